The smallest absolute Gasteiger partial charge is 0.170 e. The van der Waals surface area contributed by atoms with E-state index in [1.807, 2.05) is 19.1 Å². The summed E-state index contributed by atoms with van der Waals surface area (Å²) in [7, 11) is 0. The molecule has 0 unspecified atom stereocenters. The van der Waals surface area contributed by atoms with Gasteiger partial charge in [0.05, 0.1) is 0 Å². The van der Waals surface area contributed by atoms with Crippen LogP contribution in [0.3, 0.4) is 0 Å². The maximum absolute atomic E-state index is 12.8. The first kappa shape index (κ1) is 10.2. The van der Waals surface area contributed by atoms with Crippen molar-refractivity contribution in [1.29, 1.82) is 0 Å². The van der Waals surface area contributed by atoms with E-state index in [-0.39, 0.29) is 29.3 Å². The second-order valence-electron chi connectivity index (χ2n) is 5.89. The quantitative estimate of drug-likeness (QED) is 0.651. The van der Waals surface area contributed by atoms with E-state index in [1.54, 1.807) is 12.1 Å². The van der Waals surface area contributed by atoms with Gasteiger partial charge in [0.2, 0.25) is 0 Å². The van der Waals surface area contributed by atoms with Gasteiger partial charge in [-0.3, -0.25) is 9.59 Å². The Hall–Kier alpha value is -1.70. The minimum Gasteiger partial charge on any atom is -0.294 e. The van der Waals surface area contributed by atoms with Crippen LogP contribution in [0.15, 0.2) is 36.4 Å². The normalized spacial score (nSPS) is 39.9. The van der Waals surface area contributed by atoms with Crippen LogP contribution < -0.4 is 0 Å². The second-order valence-corrected chi connectivity index (χ2v) is 5.89. The van der Waals surface area contributed by atoms with Crippen molar-refractivity contribution < 1.29 is 9.59 Å². The van der Waals surface area contributed by atoms with Crippen molar-refractivity contribution in [3.8, 4) is 0 Å². The summed E-state index contributed by atoms with van der Waals surface area (Å²) in [6, 6.07) is 7.28. The molecule has 90 valence electrons. The molecule has 1 aromatic carbocycles. The predicted molar refractivity (Wildman–Crippen MR) is 67.4 cm³/mol. The van der Waals surface area contributed by atoms with Crippen LogP contribution in [0.4, 0.5) is 0 Å². The molecule has 4 rings (SSSR count). The van der Waals surface area contributed by atoms with E-state index in [4.69, 9.17) is 0 Å². The number of rotatable bonds is 0. The maximum Gasteiger partial charge on any atom is 0.170 e. The van der Waals surface area contributed by atoms with Crippen LogP contribution in [0.25, 0.3) is 0 Å². The molecule has 2 nitrogen and oxygen atoms in total. The van der Waals surface area contributed by atoms with Crippen LogP contribution in [0.5, 0.6) is 0 Å². The minimum absolute atomic E-state index is 0.130. The molecule has 0 N–H and O–H groups in total. The molecule has 18 heavy (non-hydrogen) atoms. The lowest BCUT2D eigenvalue weighted by Gasteiger charge is -2.40. The molecule has 1 saturated carbocycles. The summed E-state index contributed by atoms with van der Waals surface area (Å²) in [5, 5.41) is 0. The molecule has 0 spiro atoms. The number of hydrogen-bond acceptors (Lipinski definition) is 2. The van der Waals surface area contributed by atoms with Gasteiger partial charge in [0.25, 0.3) is 0 Å². The van der Waals surface area contributed by atoms with Crippen LogP contribution in [0.2, 0.25) is 0 Å². The summed E-state index contributed by atoms with van der Waals surface area (Å²) in [4.78, 5) is 25.4. The fourth-order valence-electron chi connectivity index (χ4n) is 4.22. The zero-order chi connectivity index (χ0) is 12.5. The van der Waals surface area contributed by atoms with Crippen LogP contribution in [-0.4, -0.2) is 11.6 Å². The van der Waals surface area contributed by atoms with Crippen molar-refractivity contribution >= 4 is 11.6 Å². The highest BCUT2D eigenvalue weighted by atomic mass is 16.1. The molecular formula is C16H14O2. The Morgan fingerprint density at radius 1 is 1.11 bits per heavy atom. The van der Waals surface area contributed by atoms with Gasteiger partial charge in [-0.1, -0.05) is 43.3 Å². The van der Waals surface area contributed by atoms with Gasteiger partial charge in [-0.05, 0) is 18.3 Å². The van der Waals surface area contributed by atoms with E-state index in [0.717, 1.165) is 6.42 Å². The summed E-state index contributed by atoms with van der Waals surface area (Å²) in [5.74, 6) is 0.723. The summed E-state index contributed by atoms with van der Waals surface area (Å²) in [5.41, 5.74) is 0.762. The summed E-state index contributed by atoms with van der Waals surface area (Å²) < 4.78 is 0. The lowest BCUT2D eigenvalue weighted by atomic mass is 9.59. The number of ketones is 2. The van der Waals surface area contributed by atoms with E-state index in [1.165, 1.54) is 0 Å². The van der Waals surface area contributed by atoms with E-state index >= 15 is 0 Å². The Labute approximate surface area is 106 Å². The SMILES string of the molecule is C[C@@]12C(=O)c3ccccc3C(=O)[C@@H]1[C@@H]1C=C[C@H]2C1. The average molecular weight is 238 g/mol. The van der Waals surface area contributed by atoms with Crippen molar-refractivity contribution in [3.63, 3.8) is 0 Å². The van der Waals surface area contributed by atoms with Gasteiger partial charge in [-0.15, -0.1) is 0 Å². The number of hydrogen-bond donors (Lipinski definition) is 0. The Morgan fingerprint density at radius 2 is 1.83 bits per heavy atom. The summed E-state index contributed by atoms with van der Waals surface area (Å²) in [6.07, 6.45) is 5.24. The zero-order valence-electron chi connectivity index (χ0n) is 10.2. The molecule has 0 radical (unpaired) electrons. The minimum atomic E-state index is -0.495. The van der Waals surface area contributed by atoms with Crippen molar-refractivity contribution in [3.05, 3.63) is 47.5 Å². The van der Waals surface area contributed by atoms with Crippen LogP contribution in [0, 0.1) is 23.2 Å². The highest BCUT2D eigenvalue weighted by Crippen LogP contribution is 2.60. The van der Waals surface area contributed by atoms with E-state index < -0.39 is 5.41 Å². The fraction of sp³-hybridized carbons (Fsp3) is 0.375. The van der Waals surface area contributed by atoms with Gasteiger partial charge in [-0.2, -0.15) is 0 Å². The first-order valence-corrected chi connectivity index (χ1v) is 6.50. The lowest BCUT2D eigenvalue weighted by molar-refractivity contribution is 0.0552. The van der Waals surface area contributed by atoms with Crippen molar-refractivity contribution in [2.24, 2.45) is 23.2 Å². The fourth-order valence-corrected chi connectivity index (χ4v) is 4.22. The van der Waals surface area contributed by atoms with Crippen molar-refractivity contribution in [2.75, 3.05) is 0 Å². The summed E-state index contributed by atoms with van der Waals surface area (Å²) in [6.45, 7) is 1.99. The Kier molecular flexibility index (Phi) is 1.71. The molecule has 0 heterocycles. The Morgan fingerprint density at radius 3 is 2.61 bits per heavy atom. The first-order valence-electron chi connectivity index (χ1n) is 6.50. The van der Waals surface area contributed by atoms with Crippen LogP contribution >= 0.6 is 0 Å². The van der Waals surface area contributed by atoms with Gasteiger partial charge in [-0.25, -0.2) is 0 Å². The molecular weight excluding hydrogens is 224 g/mol. The Balaban J connectivity index is 2.00. The van der Waals surface area contributed by atoms with E-state index in [0.29, 0.717) is 11.1 Å². The molecule has 2 bridgehead atoms. The monoisotopic (exact) mass is 238 g/mol. The molecule has 3 aliphatic rings. The third-order valence-corrected chi connectivity index (χ3v) is 5.17. The molecule has 1 aromatic rings. The van der Waals surface area contributed by atoms with Gasteiger partial charge >= 0.3 is 0 Å². The highest BCUT2D eigenvalue weighted by Gasteiger charge is 2.62. The lowest BCUT2D eigenvalue weighted by Crippen LogP contribution is -2.47. The largest absolute Gasteiger partial charge is 0.294 e. The number of carbonyl (C=O) groups excluding carboxylic acids is 2. The predicted octanol–water partition coefficient (Wildman–Crippen LogP) is 2.89. The number of Topliss-reactive ketones (excluding diaryl/α,β-unsaturated/α-hetero) is 2. The molecule has 4 atom stereocenters. The third kappa shape index (κ3) is 0.925. The molecule has 2 heteroatoms. The summed E-state index contributed by atoms with van der Waals surface area (Å²) >= 11 is 0. The molecule has 1 fully saturated rings. The highest BCUT2D eigenvalue weighted by molar-refractivity contribution is 6.18. The van der Waals surface area contributed by atoms with E-state index in [9.17, 15) is 9.59 Å². The zero-order valence-corrected chi connectivity index (χ0v) is 10.2. The van der Waals surface area contributed by atoms with Gasteiger partial charge in [0, 0.05) is 22.5 Å². The van der Waals surface area contributed by atoms with Crippen molar-refractivity contribution in [2.45, 2.75) is 13.3 Å². The van der Waals surface area contributed by atoms with Crippen molar-refractivity contribution in [1.82, 2.24) is 0 Å². The molecule has 0 aliphatic heterocycles. The van der Waals surface area contributed by atoms with Crippen LogP contribution in [0.1, 0.15) is 34.1 Å². The van der Waals surface area contributed by atoms with Crippen LogP contribution in [-0.2, 0) is 0 Å². The van der Waals surface area contributed by atoms with Gasteiger partial charge < -0.3 is 0 Å². The Bertz CT molecular complexity index is 613. The third-order valence-electron chi connectivity index (χ3n) is 5.17. The van der Waals surface area contributed by atoms with Gasteiger partial charge in [0.15, 0.2) is 11.6 Å². The maximum atomic E-state index is 12.8. The number of fused-ring (bicyclic) bond motifs is 6. The standard InChI is InChI=1S/C16H14O2/c1-16-10-7-6-9(8-10)13(16)14(17)11-4-2-3-5-12(11)15(16)18/h2-7,9-10,13H,8H2,1H3/t9-,10+,13+,16+/m1/s1. The topological polar surface area (TPSA) is 34.1 Å². The second kappa shape index (κ2) is 3.00. The number of benzene rings is 1. The number of allylic oxidation sites excluding steroid dienone is 2. The molecule has 0 saturated heterocycles. The number of carbonyl (C=O) groups is 2. The molecule has 3 aliphatic carbocycles. The molecule has 0 amide bonds. The first-order chi connectivity index (χ1) is 8.64. The van der Waals surface area contributed by atoms with Gasteiger partial charge in [0.1, 0.15) is 0 Å². The molecule has 0 aromatic heterocycles. The van der Waals surface area contributed by atoms with E-state index in [2.05, 4.69) is 12.2 Å². The average Bonchev–Trinajstić information content (AvgIpc) is 2.96.